The monoisotopic (exact) mass is 276 g/mol. The topological polar surface area (TPSA) is 58.1 Å². The molecule has 1 aliphatic carbocycles. The standard InChI is InChI=1S/C13H16N4OS/c1-17(7-9-5-6-9)8-12(18)14-10-3-2-4-11-13(10)16-19-15-11/h2-4,9H,5-8H2,1H3,(H,14,18). The van der Waals surface area contributed by atoms with E-state index in [1.165, 1.54) is 12.8 Å². The fraction of sp³-hybridized carbons (Fsp3) is 0.462. The number of amides is 1. The Hall–Kier alpha value is -1.53. The van der Waals surface area contributed by atoms with Gasteiger partial charge in [0.15, 0.2) is 0 Å². The van der Waals surface area contributed by atoms with Gasteiger partial charge in [0.05, 0.1) is 24.0 Å². The molecule has 1 fully saturated rings. The van der Waals surface area contributed by atoms with Gasteiger partial charge in [-0.2, -0.15) is 8.75 Å². The van der Waals surface area contributed by atoms with E-state index in [0.29, 0.717) is 6.54 Å². The van der Waals surface area contributed by atoms with E-state index in [9.17, 15) is 4.79 Å². The summed E-state index contributed by atoms with van der Waals surface area (Å²) in [7, 11) is 1.99. The minimum Gasteiger partial charge on any atom is -0.323 e. The Bertz CT molecular complexity index is 593. The molecule has 1 aliphatic rings. The van der Waals surface area contributed by atoms with Gasteiger partial charge in [0, 0.05) is 6.54 Å². The molecule has 5 nitrogen and oxygen atoms in total. The SMILES string of the molecule is CN(CC(=O)Nc1cccc2nsnc12)CC1CC1. The summed E-state index contributed by atoms with van der Waals surface area (Å²) in [4.78, 5) is 14.1. The van der Waals surface area contributed by atoms with E-state index in [4.69, 9.17) is 0 Å². The smallest absolute Gasteiger partial charge is 0.238 e. The molecule has 0 unspecified atom stereocenters. The Kier molecular flexibility index (Phi) is 3.44. The number of rotatable bonds is 5. The molecule has 1 saturated carbocycles. The predicted octanol–water partition coefficient (Wildman–Crippen LogP) is 1.97. The van der Waals surface area contributed by atoms with E-state index in [0.717, 1.165) is 40.9 Å². The molecule has 1 heterocycles. The highest BCUT2D eigenvalue weighted by molar-refractivity contribution is 7.00. The molecule has 6 heteroatoms. The molecule has 0 aliphatic heterocycles. The van der Waals surface area contributed by atoms with Gasteiger partial charge in [-0.25, -0.2) is 0 Å². The van der Waals surface area contributed by atoms with Gasteiger partial charge in [0.2, 0.25) is 5.91 Å². The first kappa shape index (κ1) is 12.5. The highest BCUT2D eigenvalue weighted by atomic mass is 32.1. The van der Waals surface area contributed by atoms with Crippen LogP contribution in [0.1, 0.15) is 12.8 Å². The Morgan fingerprint density at radius 1 is 1.47 bits per heavy atom. The lowest BCUT2D eigenvalue weighted by Gasteiger charge is -2.15. The molecule has 1 N–H and O–H groups in total. The van der Waals surface area contributed by atoms with E-state index >= 15 is 0 Å². The second-order valence-electron chi connectivity index (χ2n) is 5.13. The van der Waals surface area contributed by atoms with Crippen LogP contribution in [0.25, 0.3) is 11.0 Å². The molecule has 1 amide bonds. The maximum Gasteiger partial charge on any atom is 0.238 e. The third-order valence-electron chi connectivity index (χ3n) is 3.24. The molecule has 1 aromatic carbocycles. The van der Waals surface area contributed by atoms with Crippen LogP contribution in [0.2, 0.25) is 0 Å². The molecule has 2 aromatic rings. The first-order valence-corrected chi connectivity index (χ1v) is 7.15. The quantitative estimate of drug-likeness (QED) is 0.907. The fourth-order valence-corrected chi connectivity index (χ4v) is 2.70. The lowest BCUT2D eigenvalue weighted by molar-refractivity contribution is -0.117. The van der Waals surface area contributed by atoms with E-state index < -0.39 is 0 Å². The van der Waals surface area contributed by atoms with Crippen LogP contribution >= 0.6 is 11.7 Å². The molecule has 1 aromatic heterocycles. The lowest BCUT2D eigenvalue weighted by atomic mass is 10.2. The van der Waals surface area contributed by atoms with Gasteiger partial charge in [-0.1, -0.05) is 6.07 Å². The van der Waals surface area contributed by atoms with Crippen molar-refractivity contribution in [2.75, 3.05) is 25.5 Å². The van der Waals surface area contributed by atoms with E-state index in [1.54, 1.807) is 0 Å². The molecule has 0 saturated heterocycles. The number of hydrogen-bond acceptors (Lipinski definition) is 5. The maximum atomic E-state index is 12.0. The number of carbonyl (C=O) groups excluding carboxylic acids is 1. The van der Waals surface area contributed by atoms with Crippen molar-refractivity contribution in [1.82, 2.24) is 13.6 Å². The number of likely N-dealkylation sites (N-methyl/N-ethyl adjacent to an activating group) is 1. The van der Waals surface area contributed by atoms with Crippen LogP contribution < -0.4 is 5.32 Å². The van der Waals surface area contributed by atoms with E-state index in [1.807, 2.05) is 25.2 Å². The van der Waals surface area contributed by atoms with Crippen LogP contribution in [0, 0.1) is 5.92 Å². The van der Waals surface area contributed by atoms with Crippen molar-refractivity contribution in [1.29, 1.82) is 0 Å². The Balaban J connectivity index is 1.63. The summed E-state index contributed by atoms with van der Waals surface area (Å²) in [5.41, 5.74) is 2.34. The summed E-state index contributed by atoms with van der Waals surface area (Å²) in [5, 5.41) is 2.92. The van der Waals surface area contributed by atoms with Crippen molar-refractivity contribution in [3.05, 3.63) is 18.2 Å². The third-order valence-corrected chi connectivity index (χ3v) is 3.78. The van der Waals surface area contributed by atoms with Crippen LogP contribution in [0.15, 0.2) is 18.2 Å². The highest BCUT2D eigenvalue weighted by Gasteiger charge is 2.23. The number of nitrogens with zero attached hydrogens (tertiary/aromatic N) is 3. The maximum absolute atomic E-state index is 12.0. The molecule has 0 bridgehead atoms. The summed E-state index contributed by atoms with van der Waals surface area (Å²) >= 11 is 1.16. The van der Waals surface area contributed by atoms with Crippen molar-refractivity contribution in [3.63, 3.8) is 0 Å². The third kappa shape index (κ3) is 3.08. The minimum atomic E-state index is 0.00338. The summed E-state index contributed by atoms with van der Waals surface area (Å²) in [6.45, 7) is 1.43. The first-order valence-electron chi connectivity index (χ1n) is 6.42. The van der Waals surface area contributed by atoms with Gasteiger partial charge in [-0.05, 0) is 37.9 Å². The molecule has 19 heavy (non-hydrogen) atoms. The minimum absolute atomic E-state index is 0.00338. The van der Waals surface area contributed by atoms with Crippen molar-refractivity contribution in [3.8, 4) is 0 Å². The lowest BCUT2D eigenvalue weighted by Crippen LogP contribution is -2.31. The van der Waals surface area contributed by atoms with Gasteiger partial charge >= 0.3 is 0 Å². The van der Waals surface area contributed by atoms with Gasteiger partial charge in [-0.3, -0.25) is 9.69 Å². The Morgan fingerprint density at radius 3 is 3.11 bits per heavy atom. The summed E-state index contributed by atoms with van der Waals surface area (Å²) in [6.07, 6.45) is 2.60. The second kappa shape index (κ2) is 5.22. The largest absolute Gasteiger partial charge is 0.323 e. The molecular weight excluding hydrogens is 260 g/mol. The molecule has 0 radical (unpaired) electrons. The average Bonchev–Trinajstić information content (AvgIpc) is 3.04. The van der Waals surface area contributed by atoms with Crippen molar-refractivity contribution in [2.45, 2.75) is 12.8 Å². The van der Waals surface area contributed by atoms with Crippen molar-refractivity contribution < 1.29 is 4.79 Å². The van der Waals surface area contributed by atoms with Crippen LogP contribution in [0.4, 0.5) is 5.69 Å². The predicted molar refractivity (Wildman–Crippen MR) is 76.3 cm³/mol. The zero-order chi connectivity index (χ0) is 13.2. The number of hydrogen-bond donors (Lipinski definition) is 1. The van der Waals surface area contributed by atoms with Crippen LogP contribution in [0.3, 0.4) is 0 Å². The summed E-state index contributed by atoms with van der Waals surface area (Å²) in [5.74, 6) is 0.799. The molecule has 0 spiro atoms. The second-order valence-corrected chi connectivity index (χ2v) is 5.65. The van der Waals surface area contributed by atoms with Gasteiger partial charge in [0.1, 0.15) is 11.0 Å². The fourth-order valence-electron chi connectivity index (χ4n) is 2.15. The number of fused-ring (bicyclic) bond motifs is 1. The summed E-state index contributed by atoms with van der Waals surface area (Å²) in [6, 6.07) is 5.64. The van der Waals surface area contributed by atoms with Crippen LogP contribution in [0.5, 0.6) is 0 Å². The number of anilines is 1. The zero-order valence-electron chi connectivity index (χ0n) is 10.8. The number of nitrogens with one attached hydrogen (secondary N) is 1. The van der Waals surface area contributed by atoms with Crippen molar-refractivity contribution in [2.24, 2.45) is 5.92 Å². The van der Waals surface area contributed by atoms with Gasteiger partial charge < -0.3 is 5.32 Å². The number of carbonyl (C=O) groups is 1. The number of aromatic nitrogens is 2. The molecule has 100 valence electrons. The van der Waals surface area contributed by atoms with E-state index in [-0.39, 0.29) is 5.91 Å². The Labute approximate surface area is 115 Å². The van der Waals surface area contributed by atoms with E-state index in [2.05, 4.69) is 19.0 Å². The molecule has 0 atom stereocenters. The number of benzene rings is 1. The highest BCUT2D eigenvalue weighted by Crippen LogP contribution is 2.29. The summed E-state index contributed by atoms with van der Waals surface area (Å²) < 4.78 is 8.38. The van der Waals surface area contributed by atoms with Crippen LogP contribution in [-0.2, 0) is 4.79 Å². The Morgan fingerprint density at radius 2 is 2.32 bits per heavy atom. The van der Waals surface area contributed by atoms with Gasteiger partial charge in [-0.15, -0.1) is 0 Å². The molecule has 3 rings (SSSR count). The normalized spacial score (nSPS) is 15.1. The van der Waals surface area contributed by atoms with Crippen molar-refractivity contribution >= 4 is 34.4 Å². The van der Waals surface area contributed by atoms with Crippen LogP contribution in [-0.4, -0.2) is 39.7 Å². The van der Waals surface area contributed by atoms with Gasteiger partial charge in [0.25, 0.3) is 0 Å². The first-order chi connectivity index (χ1) is 9.22. The zero-order valence-corrected chi connectivity index (χ0v) is 11.6. The molecular formula is C13H16N4OS. The average molecular weight is 276 g/mol.